The number of nitrogens with zero attached hydrogens (tertiary/aromatic N) is 3. The zero-order valence-electron chi connectivity index (χ0n) is 20.0. The van der Waals surface area contributed by atoms with Gasteiger partial charge in [-0.1, -0.05) is 48.5 Å². The van der Waals surface area contributed by atoms with E-state index >= 15 is 0 Å². The molecule has 6 nitrogen and oxygen atoms in total. The minimum atomic E-state index is -0.385. The SMILES string of the molecule is CC(C(=O)N1CCC[C@@H]2CN(CCCc3ccccc3)CC[C@@H]21)c1n[nH]c(=O)c2ccccc12. The Kier molecular flexibility index (Phi) is 6.77. The van der Waals surface area contributed by atoms with Gasteiger partial charge in [-0.05, 0) is 63.1 Å². The molecule has 6 heteroatoms. The van der Waals surface area contributed by atoms with Crippen LogP contribution < -0.4 is 5.56 Å². The molecular weight excluding hydrogens is 424 g/mol. The zero-order valence-corrected chi connectivity index (χ0v) is 20.0. The number of carbonyl (C=O) groups is 1. The molecule has 5 rings (SSSR count). The topological polar surface area (TPSA) is 69.3 Å². The summed E-state index contributed by atoms with van der Waals surface area (Å²) in [6.07, 6.45) is 5.57. The number of piperidine rings is 2. The number of H-pyrrole nitrogens is 1. The number of aryl methyl sites for hydroxylation is 1. The molecule has 0 radical (unpaired) electrons. The average Bonchev–Trinajstić information content (AvgIpc) is 2.88. The highest BCUT2D eigenvalue weighted by Crippen LogP contribution is 2.33. The van der Waals surface area contributed by atoms with E-state index in [1.807, 2.05) is 25.1 Å². The van der Waals surface area contributed by atoms with Crippen LogP contribution in [0, 0.1) is 5.92 Å². The molecular formula is C28H34N4O2. The average molecular weight is 459 g/mol. The quantitative estimate of drug-likeness (QED) is 0.607. The fourth-order valence-electron chi connectivity index (χ4n) is 5.94. The van der Waals surface area contributed by atoms with Crippen molar-refractivity contribution in [3.63, 3.8) is 0 Å². The van der Waals surface area contributed by atoms with Crippen LogP contribution >= 0.6 is 0 Å². The van der Waals surface area contributed by atoms with Gasteiger partial charge in [0.05, 0.1) is 17.0 Å². The lowest BCUT2D eigenvalue weighted by molar-refractivity contribution is -0.139. The maximum absolute atomic E-state index is 13.7. The first-order valence-corrected chi connectivity index (χ1v) is 12.7. The van der Waals surface area contributed by atoms with E-state index in [9.17, 15) is 9.59 Å². The number of benzene rings is 2. The van der Waals surface area contributed by atoms with Crippen molar-refractivity contribution >= 4 is 16.7 Å². The molecule has 1 unspecified atom stereocenters. The molecule has 0 spiro atoms. The van der Waals surface area contributed by atoms with Gasteiger partial charge < -0.3 is 9.80 Å². The Morgan fingerprint density at radius 1 is 1.06 bits per heavy atom. The van der Waals surface area contributed by atoms with Gasteiger partial charge in [-0.25, -0.2) is 5.10 Å². The number of rotatable bonds is 6. The van der Waals surface area contributed by atoms with E-state index < -0.39 is 0 Å². The zero-order chi connectivity index (χ0) is 23.5. The molecule has 2 fully saturated rings. The highest BCUT2D eigenvalue weighted by Gasteiger charge is 2.39. The van der Waals surface area contributed by atoms with Crippen molar-refractivity contribution in [2.45, 2.75) is 51.0 Å². The Bertz CT molecular complexity index is 1190. The Labute approximate surface area is 201 Å². The number of carbonyl (C=O) groups excluding carboxylic acids is 1. The standard InChI is InChI=1S/C28H34N4O2/c1-20(26-23-13-5-6-14-24(23)27(33)30-29-26)28(34)32-17-8-12-22-19-31(18-15-25(22)32)16-7-11-21-9-3-2-4-10-21/h2-6,9-10,13-14,20,22,25H,7-8,11-12,15-19H2,1H3,(H,30,33)/t20?,22-,25+/m1/s1. The van der Waals surface area contributed by atoms with Crippen LogP contribution in [0.5, 0.6) is 0 Å². The third-order valence-electron chi connectivity index (χ3n) is 7.72. The monoisotopic (exact) mass is 458 g/mol. The lowest BCUT2D eigenvalue weighted by atomic mass is 9.83. The molecule has 2 saturated heterocycles. The van der Waals surface area contributed by atoms with Crippen LogP contribution in [-0.4, -0.2) is 58.1 Å². The fraction of sp³-hybridized carbons (Fsp3) is 0.464. The molecule has 34 heavy (non-hydrogen) atoms. The summed E-state index contributed by atoms with van der Waals surface area (Å²) in [6.45, 7) is 6.00. The summed E-state index contributed by atoms with van der Waals surface area (Å²) >= 11 is 0. The summed E-state index contributed by atoms with van der Waals surface area (Å²) in [5, 5.41) is 8.26. The molecule has 0 saturated carbocycles. The lowest BCUT2D eigenvalue weighted by Crippen LogP contribution is -2.56. The van der Waals surface area contributed by atoms with Crippen LogP contribution in [0.3, 0.4) is 0 Å². The van der Waals surface area contributed by atoms with Crippen LogP contribution in [0.4, 0.5) is 0 Å². The van der Waals surface area contributed by atoms with Crippen LogP contribution in [-0.2, 0) is 11.2 Å². The number of hydrogen-bond acceptors (Lipinski definition) is 4. The van der Waals surface area contributed by atoms with E-state index in [2.05, 4.69) is 50.3 Å². The number of hydrogen-bond donors (Lipinski definition) is 1. The summed E-state index contributed by atoms with van der Waals surface area (Å²) in [5.74, 6) is 0.289. The summed E-state index contributed by atoms with van der Waals surface area (Å²) < 4.78 is 0. The first kappa shape index (κ1) is 22.8. The predicted octanol–water partition coefficient (Wildman–Crippen LogP) is 3.97. The minimum absolute atomic E-state index is 0.136. The molecule has 3 atom stereocenters. The summed E-state index contributed by atoms with van der Waals surface area (Å²) in [7, 11) is 0. The van der Waals surface area contributed by atoms with Gasteiger partial charge in [0.15, 0.2) is 0 Å². The lowest BCUT2D eigenvalue weighted by Gasteiger charge is -2.48. The number of amides is 1. The van der Waals surface area contributed by atoms with Gasteiger partial charge in [0, 0.05) is 31.1 Å². The van der Waals surface area contributed by atoms with Gasteiger partial charge in [0.1, 0.15) is 0 Å². The van der Waals surface area contributed by atoms with Gasteiger partial charge in [-0.2, -0.15) is 5.10 Å². The van der Waals surface area contributed by atoms with Gasteiger partial charge in [-0.15, -0.1) is 0 Å². The third-order valence-corrected chi connectivity index (χ3v) is 7.72. The molecule has 0 bridgehead atoms. The number of fused-ring (bicyclic) bond motifs is 2. The van der Waals surface area contributed by atoms with Crippen molar-refractivity contribution in [2.24, 2.45) is 5.92 Å². The maximum atomic E-state index is 13.7. The van der Waals surface area contributed by atoms with Gasteiger partial charge in [0.25, 0.3) is 5.56 Å². The normalized spacial score (nSPS) is 21.9. The van der Waals surface area contributed by atoms with E-state index in [0.717, 1.165) is 50.8 Å². The number of nitrogens with one attached hydrogen (secondary N) is 1. The summed E-state index contributed by atoms with van der Waals surface area (Å²) in [5.41, 5.74) is 1.86. The van der Waals surface area contributed by atoms with Crippen LogP contribution in [0.1, 0.15) is 49.8 Å². The number of aromatic amines is 1. The van der Waals surface area contributed by atoms with E-state index in [4.69, 9.17) is 0 Å². The fourth-order valence-corrected chi connectivity index (χ4v) is 5.94. The molecule has 1 amide bonds. The first-order valence-electron chi connectivity index (χ1n) is 12.7. The smallest absolute Gasteiger partial charge is 0.272 e. The van der Waals surface area contributed by atoms with Crippen LogP contribution in [0.2, 0.25) is 0 Å². The molecule has 0 aliphatic carbocycles. The van der Waals surface area contributed by atoms with E-state index in [1.54, 1.807) is 6.07 Å². The first-order chi connectivity index (χ1) is 16.6. The molecule has 2 aliphatic rings. The Morgan fingerprint density at radius 3 is 2.65 bits per heavy atom. The highest BCUT2D eigenvalue weighted by atomic mass is 16.2. The molecule has 2 aromatic carbocycles. The van der Waals surface area contributed by atoms with Crippen LogP contribution in [0.25, 0.3) is 10.8 Å². The van der Waals surface area contributed by atoms with Crippen molar-refractivity contribution in [2.75, 3.05) is 26.2 Å². The third kappa shape index (κ3) is 4.64. The van der Waals surface area contributed by atoms with Gasteiger partial charge >= 0.3 is 0 Å². The van der Waals surface area contributed by atoms with Gasteiger partial charge in [0.2, 0.25) is 5.91 Å². The Hall–Kier alpha value is -2.99. The predicted molar refractivity (Wildman–Crippen MR) is 135 cm³/mol. The van der Waals surface area contributed by atoms with E-state index in [-0.39, 0.29) is 17.4 Å². The second kappa shape index (κ2) is 10.1. The van der Waals surface area contributed by atoms with Crippen LogP contribution in [0.15, 0.2) is 59.4 Å². The molecule has 178 valence electrons. The largest absolute Gasteiger partial charge is 0.339 e. The van der Waals surface area contributed by atoms with Crippen molar-refractivity contribution in [3.05, 3.63) is 76.2 Å². The van der Waals surface area contributed by atoms with E-state index in [1.165, 1.54) is 18.4 Å². The number of likely N-dealkylation sites (tertiary alicyclic amines) is 2. The summed E-state index contributed by atoms with van der Waals surface area (Å²) in [6, 6.07) is 18.4. The molecule has 1 N–H and O–H groups in total. The Morgan fingerprint density at radius 2 is 1.82 bits per heavy atom. The minimum Gasteiger partial charge on any atom is -0.339 e. The van der Waals surface area contributed by atoms with Crippen molar-refractivity contribution in [1.82, 2.24) is 20.0 Å². The van der Waals surface area contributed by atoms with Crippen molar-refractivity contribution in [3.8, 4) is 0 Å². The summed E-state index contributed by atoms with van der Waals surface area (Å²) in [4.78, 5) is 30.6. The molecule has 2 aliphatic heterocycles. The highest BCUT2D eigenvalue weighted by molar-refractivity contribution is 5.91. The second-order valence-corrected chi connectivity index (χ2v) is 9.88. The molecule has 1 aromatic heterocycles. The maximum Gasteiger partial charge on any atom is 0.272 e. The number of aromatic nitrogens is 2. The van der Waals surface area contributed by atoms with Gasteiger partial charge in [-0.3, -0.25) is 9.59 Å². The van der Waals surface area contributed by atoms with Crippen molar-refractivity contribution < 1.29 is 4.79 Å². The second-order valence-electron chi connectivity index (χ2n) is 9.88. The van der Waals surface area contributed by atoms with Crippen molar-refractivity contribution in [1.29, 1.82) is 0 Å². The van der Waals surface area contributed by atoms with E-state index in [0.29, 0.717) is 23.0 Å². The molecule has 3 aromatic rings. The molecule has 3 heterocycles. The Balaban J connectivity index is 1.24.